The van der Waals surface area contributed by atoms with E-state index in [4.69, 9.17) is 0 Å². The highest BCUT2D eigenvalue weighted by Crippen LogP contribution is 2.12. The van der Waals surface area contributed by atoms with Crippen molar-refractivity contribution in [2.75, 3.05) is 0 Å². The quantitative estimate of drug-likeness (QED) is 0.894. The second-order valence-corrected chi connectivity index (χ2v) is 4.87. The summed E-state index contributed by atoms with van der Waals surface area (Å²) >= 11 is 0. The van der Waals surface area contributed by atoms with Crippen LogP contribution >= 0.6 is 0 Å². The van der Waals surface area contributed by atoms with Crippen LogP contribution in [0.15, 0.2) is 24.4 Å². The third-order valence-electron chi connectivity index (χ3n) is 3.50. The zero-order valence-electron chi connectivity index (χ0n) is 11.6. The molecule has 2 heterocycles. The minimum atomic E-state index is 0.862. The second kappa shape index (κ2) is 5.36. The summed E-state index contributed by atoms with van der Waals surface area (Å²) < 4.78 is 2.23. The van der Waals surface area contributed by atoms with Gasteiger partial charge in [-0.05, 0) is 44.0 Å². The Morgan fingerprint density at radius 2 is 1.94 bits per heavy atom. The lowest BCUT2D eigenvalue weighted by Crippen LogP contribution is -2.13. The molecule has 0 aliphatic heterocycles. The summed E-state index contributed by atoms with van der Waals surface area (Å²) in [5.74, 6) is 0. The van der Waals surface area contributed by atoms with Gasteiger partial charge in [-0.25, -0.2) is 0 Å². The maximum Gasteiger partial charge on any atom is 0.0372 e. The number of pyridine rings is 1. The molecule has 0 amide bonds. The summed E-state index contributed by atoms with van der Waals surface area (Å²) in [6, 6.07) is 6.42. The predicted molar refractivity (Wildman–Crippen MR) is 74.4 cm³/mol. The van der Waals surface area contributed by atoms with Crippen LogP contribution in [0.25, 0.3) is 0 Å². The van der Waals surface area contributed by atoms with E-state index in [-0.39, 0.29) is 0 Å². The fourth-order valence-corrected chi connectivity index (χ4v) is 2.06. The number of aromatic nitrogens is 2. The first-order chi connectivity index (χ1) is 8.58. The van der Waals surface area contributed by atoms with E-state index in [1.165, 1.54) is 22.5 Å². The van der Waals surface area contributed by atoms with Gasteiger partial charge in [0.2, 0.25) is 0 Å². The topological polar surface area (TPSA) is 29.9 Å². The van der Waals surface area contributed by atoms with Crippen LogP contribution in [0, 0.1) is 20.8 Å². The van der Waals surface area contributed by atoms with Crippen molar-refractivity contribution >= 4 is 0 Å². The zero-order valence-corrected chi connectivity index (χ0v) is 11.6. The Labute approximate surface area is 109 Å². The summed E-state index contributed by atoms with van der Waals surface area (Å²) in [7, 11) is 2.11. The van der Waals surface area contributed by atoms with Crippen LogP contribution in [0.3, 0.4) is 0 Å². The molecule has 18 heavy (non-hydrogen) atoms. The third kappa shape index (κ3) is 2.79. The molecule has 0 spiro atoms. The van der Waals surface area contributed by atoms with Crippen LogP contribution in [0.4, 0.5) is 0 Å². The van der Waals surface area contributed by atoms with Crippen LogP contribution in [0.2, 0.25) is 0 Å². The van der Waals surface area contributed by atoms with Crippen molar-refractivity contribution in [2.45, 2.75) is 33.9 Å². The Morgan fingerprint density at radius 3 is 2.50 bits per heavy atom. The van der Waals surface area contributed by atoms with Crippen molar-refractivity contribution in [3.05, 3.63) is 52.6 Å². The first kappa shape index (κ1) is 12.8. The molecule has 0 atom stereocenters. The molecule has 3 nitrogen and oxygen atoms in total. The van der Waals surface area contributed by atoms with Crippen molar-refractivity contribution in [3.8, 4) is 0 Å². The van der Waals surface area contributed by atoms with E-state index in [9.17, 15) is 0 Å². The van der Waals surface area contributed by atoms with Gasteiger partial charge in [0.1, 0.15) is 0 Å². The summed E-state index contributed by atoms with van der Waals surface area (Å²) in [5.41, 5.74) is 6.30. The van der Waals surface area contributed by atoms with E-state index in [0.29, 0.717) is 0 Å². The minimum absolute atomic E-state index is 0.862. The molecule has 0 unspecified atom stereocenters. The fourth-order valence-electron chi connectivity index (χ4n) is 2.06. The number of hydrogen-bond acceptors (Lipinski definition) is 2. The number of aryl methyl sites for hydroxylation is 2. The Bertz CT molecular complexity index is 523. The Balaban J connectivity index is 1.92. The van der Waals surface area contributed by atoms with Gasteiger partial charge in [0, 0.05) is 43.4 Å². The molecule has 0 bridgehead atoms. The van der Waals surface area contributed by atoms with E-state index >= 15 is 0 Å². The monoisotopic (exact) mass is 243 g/mol. The van der Waals surface area contributed by atoms with Gasteiger partial charge >= 0.3 is 0 Å². The third-order valence-corrected chi connectivity index (χ3v) is 3.50. The SMILES string of the molecule is Cc1ccc(CNCc2cc(C)n(C)c2C)cn1. The normalized spacial score (nSPS) is 10.9. The standard InChI is InChI=1S/C15H21N3/c1-11-5-6-14(9-17-11)8-16-10-15-7-12(2)18(4)13(15)3/h5-7,9,16H,8,10H2,1-4H3. The first-order valence-electron chi connectivity index (χ1n) is 6.32. The summed E-state index contributed by atoms with van der Waals surface area (Å²) in [6.07, 6.45) is 1.94. The lowest BCUT2D eigenvalue weighted by atomic mass is 10.2. The molecule has 2 aromatic heterocycles. The van der Waals surface area contributed by atoms with Gasteiger partial charge in [-0.3, -0.25) is 4.98 Å². The number of nitrogens with zero attached hydrogens (tertiary/aromatic N) is 2. The van der Waals surface area contributed by atoms with Crippen molar-refractivity contribution in [2.24, 2.45) is 7.05 Å². The lowest BCUT2D eigenvalue weighted by molar-refractivity contribution is 0.685. The highest BCUT2D eigenvalue weighted by Gasteiger charge is 2.05. The van der Waals surface area contributed by atoms with E-state index in [1.54, 1.807) is 0 Å². The summed E-state index contributed by atoms with van der Waals surface area (Å²) in [4.78, 5) is 4.30. The van der Waals surface area contributed by atoms with Crippen molar-refractivity contribution in [3.63, 3.8) is 0 Å². The Hall–Kier alpha value is -1.61. The zero-order chi connectivity index (χ0) is 13.1. The fraction of sp³-hybridized carbons (Fsp3) is 0.400. The molecule has 0 saturated heterocycles. The van der Waals surface area contributed by atoms with Gasteiger partial charge in [0.15, 0.2) is 0 Å². The average molecular weight is 243 g/mol. The molecule has 2 aromatic rings. The van der Waals surface area contributed by atoms with Crippen LogP contribution < -0.4 is 5.32 Å². The van der Waals surface area contributed by atoms with Crippen LogP contribution in [-0.2, 0) is 20.1 Å². The Morgan fingerprint density at radius 1 is 1.17 bits per heavy atom. The molecule has 0 aromatic carbocycles. The van der Waals surface area contributed by atoms with Crippen molar-refractivity contribution in [1.29, 1.82) is 0 Å². The summed E-state index contributed by atoms with van der Waals surface area (Å²) in [5, 5.41) is 3.47. The lowest BCUT2D eigenvalue weighted by Gasteiger charge is -2.05. The van der Waals surface area contributed by atoms with Gasteiger partial charge in [0.25, 0.3) is 0 Å². The molecule has 0 aliphatic carbocycles. The molecule has 1 N–H and O–H groups in total. The van der Waals surface area contributed by atoms with Gasteiger partial charge in [-0.15, -0.1) is 0 Å². The second-order valence-electron chi connectivity index (χ2n) is 4.87. The average Bonchev–Trinajstić information content (AvgIpc) is 2.60. The molecular formula is C15H21N3. The highest BCUT2D eigenvalue weighted by molar-refractivity contribution is 5.26. The van der Waals surface area contributed by atoms with E-state index in [2.05, 4.69) is 54.0 Å². The summed E-state index contributed by atoms with van der Waals surface area (Å²) in [6.45, 7) is 8.08. The molecule has 0 saturated carbocycles. The van der Waals surface area contributed by atoms with E-state index < -0.39 is 0 Å². The van der Waals surface area contributed by atoms with Crippen LogP contribution in [-0.4, -0.2) is 9.55 Å². The Kier molecular flexibility index (Phi) is 3.82. The minimum Gasteiger partial charge on any atom is -0.352 e. The maximum atomic E-state index is 4.30. The van der Waals surface area contributed by atoms with E-state index in [0.717, 1.165) is 18.8 Å². The maximum absolute atomic E-state index is 4.30. The highest BCUT2D eigenvalue weighted by atomic mass is 15.0. The van der Waals surface area contributed by atoms with Gasteiger partial charge < -0.3 is 9.88 Å². The molecular weight excluding hydrogens is 222 g/mol. The largest absolute Gasteiger partial charge is 0.352 e. The van der Waals surface area contributed by atoms with Crippen molar-refractivity contribution in [1.82, 2.24) is 14.9 Å². The molecule has 0 fully saturated rings. The molecule has 0 radical (unpaired) electrons. The van der Waals surface area contributed by atoms with Crippen LogP contribution in [0.1, 0.15) is 28.2 Å². The molecule has 2 rings (SSSR count). The molecule has 3 heteroatoms. The predicted octanol–water partition coefficient (Wildman–Crippen LogP) is 2.64. The molecule has 96 valence electrons. The first-order valence-corrected chi connectivity index (χ1v) is 6.32. The van der Waals surface area contributed by atoms with Crippen molar-refractivity contribution < 1.29 is 0 Å². The van der Waals surface area contributed by atoms with Crippen LogP contribution in [0.5, 0.6) is 0 Å². The number of hydrogen-bond donors (Lipinski definition) is 1. The number of rotatable bonds is 4. The smallest absolute Gasteiger partial charge is 0.0372 e. The van der Waals surface area contributed by atoms with Gasteiger partial charge in [-0.2, -0.15) is 0 Å². The van der Waals surface area contributed by atoms with E-state index in [1.807, 2.05) is 13.1 Å². The van der Waals surface area contributed by atoms with Gasteiger partial charge in [0.05, 0.1) is 0 Å². The number of nitrogens with one attached hydrogen (secondary N) is 1. The molecule has 0 aliphatic rings. The van der Waals surface area contributed by atoms with Gasteiger partial charge in [-0.1, -0.05) is 6.07 Å².